The summed E-state index contributed by atoms with van der Waals surface area (Å²) >= 11 is 3.34. The van der Waals surface area contributed by atoms with Gasteiger partial charge in [0.25, 0.3) is 0 Å². The summed E-state index contributed by atoms with van der Waals surface area (Å²) in [4.78, 5) is 16.0. The van der Waals surface area contributed by atoms with E-state index in [1.54, 1.807) is 10.7 Å². The number of aromatic nitrogens is 3. The molecule has 0 aliphatic heterocycles. The molecule has 1 aliphatic carbocycles. The molecule has 0 N–H and O–H groups in total. The Kier molecular flexibility index (Phi) is 4.03. The van der Waals surface area contributed by atoms with E-state index in [1.165, 1.54) is 25.8 Å². The van der Waals surface area contributed by atoms with E-state index in [-0.39, 0.29) is 5.75 Å². The van der Waals surface area contributed by atoms with E-state index in [9.17, 15) is 9.18 Å². The first-order valence-electron chi connectivity index (χ1n) is 8.01. The van der Waals surface area contributed by atoms with E-state index in [0.717, 1.165) is 11.4 Å². The number of fused-ring (bicyclic) bond motifs is 1. The highest BCUT2D eigenvalue weighted by molar-refractivity contribution is 9.10. The standard InChI is InChI=1S/C18H15BrFN3O2/c1-10(24)25-17-13(20)7-8-15-16(17)18(19)22-23(15)9-12-3-2-4-14(21-12)11-5-6-11/h2-4,7-8,11H,5-6,9H2,1H3. The molecular weight excluding hydrogens is 389 g/mol. The maximum atomic E-state index is 14.1. The van der Waals surface area contributed by atoms with Gasteiger partial charge in [-0.05, 0) is 53.0 Å². The van der Waals surface area contributed by atoms with Crippen LogP contribution >= 0.6 is 15.9 Å². The lowest BCUT2D eigenvalue weighted by Gasteiger charge is -2.07. The predicted octanol–water partition coefficient (Wildman–Crippen LogP) is 4.18. The van der Waals surface area contributed by atoms with Gasteiger partial charge in [0, 0.05) is 18.5 Å². The van der Waals surface area contributed by atoms with Crippen molar-refractivity contribution in [2.75, 3.05) is 0 Å². The van der Waals surface area contributed by atoms with Crippen molar-refractivity contribution in [1.29, 1.82) is 0 Å². The molecule has 1 saturated carbocycles. The minimum Gasteiger partial charge on any atom is -0.423 e. The smallest absolute Gasteiger partial charge is 0.308 e. The summed E-state index contributed by atoms with van der Waals surface area (Å²) in [7, 11) is 0. The van der Waals surface area contributed by atoms with Gasteiger partial charge in [-0.25, -0.2) is 4.39 Å². The highest BCUT2D eigenvalue weighted by Crippen LogP contribution is 2.39. The molecule has 2 aromatic heterocycles. The molecule has 0 radical (unpaired) electrons. The Hall–Kier alpha value is -2.28. The fraction of sp³-hybridized carbons (Fsp3) is 0.278. The molecule has 128 valence electrons. The molecule has 1 fully saturated rings. The van der Waals surface area contributed by atoms with Crippen LogP contribution in [-0.2, 0) is 11.3 Å². The summed E-state index contributed by atoms with van der Waals surface area (Å²) in [5.74, 6) is -0.713. The second-order valence-corrected chi connectivity index (χ2v) is 6.89. The molecule has 1 aliphatic rings. The largest absolute Gasteiger partial charge is 0.423 e. The first-order valence-corrected chi connectivity index (χ1v) is 8.81. The Morgan fingerprint density at radius 2 is 2.16 bits per heavy atom. The molecule has 0 atom stereocenters. The van der Waals surface area contributed by atoms with Gasteiger partial charge in [0.2, 0.25) is 0 Å². The quantitative estimate of drug-likeness (QED) is 0.484. The van der Waals surface area contributed by atoms with Crippen LogP contribution in [0.2, 0.25) is 0 Å². The molecule has 25 heavy (non-hydrogen) atoms. The topological polar surface area (TPSA) is 57.0 Å². The molecular formula is C18H15BrFN3O2. The zero-order valence-electron chi connectivity index (χ0n) is 13.5. The van der Waals surface area contributed by atoms with Crippen molar-refractivity contribution in [3.8, 4) is 5.75 Å². The van der Waals surface area contributed by atoms with Gasteiger partial charge in [-0.15, -0.1) is 0 Å². The fourth-order valence-corrected chi connectivity index (χ4v) is 3.46. The Bertz CT molecular complexity index is 982. The van der Waals surface area contributed by atoms with Crippen LogP contribution in [0.1, 0.15) is 37.1 Å². The van der Waals surface area contributed by atoms with Crippen molar-refractivity contribution >= 4 is 32.8 Å². The lowest BCUT2D eigenvalue weighted by atomic mass is 10.2. The van der Waals surface area contributed by atoms with Gasteiger partial charge in [0.1, 0.15) is 4.60 Å². The number of nitrogens with zero attached hydrogens (tertiary/aromatic N) is 3. The van der Waals surface area contributed by atoms with Crippen LogP contribution in [0.25, 0.3) is 10.9 Å². The Morgan fingerprint density at radius 1 is 1.36 bits per heavy atom. The van der Waals surface area contributed by atoms with Crippen LogP contribution in [-0.4, -0.2) is 20.7 Å². The van der Waals surface area contributed by atoms with Gasteiger partial charge >= 0.3 is 5.97 Å². The molecule has 0 saturated heterocycles. The number of benzene rings is 1. The van der Waals surface area contributed by atoms with E-state index in [0.29, 0.717) is 28.0 Å². The molecule has 4 rings (SSSR count). The molecule has 0 amide bonds. The molecule has 5 nitrogen and oxygen atoms in total. The molecule has 7 heteroatoms. The maximum absolute atomic E-state index is 14.1. The third kappa shape index (κ3) is 3.16. The number of carbonyl (C=O) groups is 1. The van der Waals surface area contributed by atoms with Crippen LogP contribution in [0.15, 0.2) is 34.9 Å². The zero-order chi connectivity index (χ0) is 17.6. The lowest BCUT2D eigenvalue weighted by molar-refractivity contribution is -0.132. The van der Waals surface area contributed by atoms with Crippen LogP contribution < -0.4 is 4.74 Å². The van der Waals surface area contributed by atoms with Gasteiger partial charge < -0.3 is 4.74 Å². The van der Waals surface area contributed by atoms with Crippen LogP contribution in [0, 0.1) is 5.82 Å². The van der Waals surface area contributed by atoms with E-state index in [4.69, 9.17) is 9.72 Å². The van der Waals surface area contributed by atoms with Crippen LogP contribution in [0.5, 0.6) is 5.75 Å². The maximum Gasteiger partial charge on any atom is 0.308 e. The number of carbonyl (C=O) groups excluding carboxylic acids is 1. The first-order chi connectivity index (χ1) is 12.0. The van der Waals surface area contributed by atoms with Crippen LogP contribution in [0.4, 0.5) is 4.39 Å². The van der Waals surface area contributed by atoms with Crippen molar-refractivity contribution in [2.45, 2.75) is 32.2 Å². The SMILES string of the molecule is CC(=O)Oc1c(F)ccc2c1c(Br)nn2Cc1cccc(C2CC2)n1. The van der Waals surface area contributed by atoms with Crippen LogP contribution in [0.3, 0.4) is 0 Å². The summed E-state index contributed by atoms with van der Waals surface area (Å²) in [5, 5.41) is 4.86. The number of pyridine rings is 1. The summed E-state index contributed by atoms with van der Waals surface area (Å²) in [6.45, 7) is 1.69. The van der Waals surface area contributed by atoms with Gasteiger partial charge in [0.15, 0.2) is 11.6 Å². The van der Waals surface area contributed by atoms with Crippen molar-refractivity contribution in [3.05, 3.63) is 52.1 Å². The Labute approximate surface area is 151 Å². The van der Waals surface area contributed by atoms with Gasteiger partial charge in [-0.2, -0.15) is 5.10 Å². The number of rotatable bonds is 4. The second-order valence-electron chi connectivity index (χ2n) is 6.14. The highest BCUT2D eigenvalue weighted by Gasteiger charge is 2.25. The van der Waals surface area contributed by atoms with Gasteiger partial charge in [-0.1, -0.05) is 6.07 Å². The van der Waals surface area contributed by atoms with E-state index >= 15 is 0 Å². The zero-order valence-corrected chi connectivity index (χ0v) is 15.1. The van der Waals surface area contributed by atoms with Crippen molar-refractivity contribution in [1.82, 2.24) is 14.8 Å². The fourth-order valence-electron chi connectivity index (χ4n) is 2.88. The number of hydrogen-bond acceptors (Lipinski definition) is 4. The highest BCUT2D eigenvalue weighted by atomic mass is 79.9. The van der Waals surface area contributed by atoms with E-state index in [2.05, 4.69) is 21.0 Å². The summed E-state index contributed by atoms with van der Waals surface area (Å²) in [6, 6.07) is 8.90. The number of halogens is 2. The average Bonchev–Trinajstić information content (AvgIpc) is 3.36. The lowest BCUT2D eigenvalue weighted by Crippen LogP contribution is -2.06. The summed E-state index contributed by atoms with van der Waals surface area (Å²) in [5.41, 5.74) is 2.67. The minimum atomic E-state index is -0.600. The molecule has 0 unspecified atom stereocenters. The first kappa shape index (κ1) is 16.2. The summed E-state index contributed by atoms with van der Waals surface area (Å²) in [6.07, 6.45) is 2.38. The monoisotopic (exact) mass is 403 g/mol. The van der Waals surface area contributed by atoms with E-state index in [1.807, 2.05) is 18.2 Å². The van der Waals surface area contributed by atoms with Gasteiger partial charge in [-0.3, -0.25) is 14.5 Å². The number of ether oxygens (including phenoxy) is 1. The average molecular weight is 404 g/mol. The molecule has 3 aromatic rings. The van der Waals surface area contributed by atoms with Crippen molar-refractivity contribution in [3.63, 3.8) is 0 Å². The summed E-state index contributed by atoms with van der Waals surface area (Å²) < 4.78 is 21.3. The second kappa shape index (κ2) is 6.22. The molecule has 2 heterocycles. The molecule has 0 spiro atoms. The molecule has 0 bridgehead atoms. The predicted molar refractivity (Wildman–Crippen MR) is 94.0 cm³/mol. The third-order valence-electron chi connectivity index (χ3n) is 4.16. The normalized spacial score (nSPS) is 14.0. The van der Waals surface area contributed by atoms with Crippen molar-refractivity contribution in [2.24, 2.45) is 0 Å². The van der Waals surface area contributed by atoms with E-state index < -0.39 is 11.8 Å². The van der Waals surface area contributed by atoms with Gasteiger partial charge in [0.05, 0.1) is 23.1 Å². The number of esters is 1. The Balaban J connectivity index is 1.75. The third-order valence-corrected chi connectivity index (χ3v) is 4.72. The van der Waals surface area contributed by atoms with Crippen molar-refractivity contribution < 1.29 is 13.9 Å². The minimum absolute atomic E-state index is 0.109. The molecule has 1 aromatic carbocycles. The Morgan fingerprint density at radius 3 is 2.88 bits per heavy atom. The number of hydrogen-bond donors (Lipinski definition) is 0.